The molecule has 0 aromatic carbocycles. The average Bonchev–Trinajstić information content (AvgIpc) is 2.44. The average molecular weight is 137 g/mol. The summed E-state index contributed by atoms with van der Waals surface area (Å²) in [5.41, 5.74) is 0. The number of hydrogen-bond acceptors (Lipinski definition) is 2. The molecule has 2 heteroatoms. The predicted octanol–water partition coefficient (Wildman–Crippen LogP) is 0.382. The maximum atomic E-state index is 5.38. The van der Waals surface area contributed by atoms with Gasteiger partial charge in [-0.3, -0.25) is 0 Å². The molecule has 1 radical (unpaired) electrons. The van der Waals surface area contributed by atoms with Gasteiger partial charge >= 0.3 is 0 Å². The van der Waals surface area contributed by atoms with Crippen LogP contribution in [0.15, 0.2) is 0 Å². The first-order chi connectivity index (χ1) is 4.92. The molecule has 2 nitrogen and oxygen atoms in total. The van der Waals surface area contributed by atoms with Crippen molar-refractivity contribution in [3.63, 3.8) is 0 Å². The number of rotatable bonds is 0. The van der Waals surface area contributed by atoms with Crippen molar-refractivity contribution in [3.05, 3.63) is 5.92 Å². The third-order valence-corrected chi connectivity index (χ3v) is 2.02. The molecule has 2 heterocycles. The molecule has 0 aromatic rings. The van der Waals surface area contributed by atoms with Gasteiger partial charge in [-0.1, -0.05) is 5.92 Å². The molecule has 0 bridgehead atoms. The van der Waals surface area contributed by atoms with E-state index in [0.29, 0.717) is 6.61 Å². The number of fused-ring (bicyclic) bond motifs is 1. The lowest BCUT2D eigenvalue weighted by Gasteiger charge is -2.07. The number of ether oxygens (including phenoxy) is 2. The molecule has 0 N–H and O–H groups in total. The minimum absolute atomic E-state index is 0.116. The van der Waals surface area contributed by atoms with Crippen molar-refractivity contribution in [1.82, 2.24) is 0 Å². The standard InChI is InChI=1S/C8H9O2/c1-2-6-5-10-7-3-4-9-8(6)7/h1,7-8H,3-5H2/t7-,8-/m1/s1. The second-order valence-electron chi connectivity index (χ2n) is 2.60. The number of hydrogen-bond donors (Lipinski definition) is 0. The summed E-state index contributed by atoms with van der Waals surface area (Å²) < 4.78 is 10.8. The van der Waals surface area contributed by atoms with Gasteiger partial charge in [0.05, 0.1) is 12.7 Å². The smallest absolute Gasteiger partial charge is 0.104 e. The maximum Gasteiger partial charge on any atom is 0.104 e. The van der Waals surface area contributed by atoms with Crippen LogP contribution >= 0.6 is 0 Å². The van der Waals surface area contributed by atoms with Crippen LogP contribution in [0.5, 0.6) is 0 Å². The highest BCUT2D eigenvalue weighted by Gasteiger charge is 2.41. The second kappa shape index (κ2) is 2.26. The molecule has 2 aliphatic rings. The first-order valence-corrected chi connectivity index (χ1v) is 3.47. The van der Waals surface area contributed by atoms with Gasteiger partial charge in [-0.05, 0) is 6.42 Å². The Morgan fingerprint density at radius 2 is 2.40 bits per heavy atom. The molecule has 0 saturated carbocycles. The summed E-state index contributed by atoms with van der Waals surface area (Å²) in [5.74, 6) is 3.58. The molecule has 0 spiro atoms. The van der Waals surface area contributed by atoms with Crippen LogP contribution in [0.3, 0.4) is 0 Å². The highest BCUT2D eigenvalue weighted by Crippen LogP contribution is 2.31. The molecular weight excluding hydrogens is 128 g/mol. The van der Waals surface area contributed by atoms with Crippen LogP contribution in [0.4, 0.5) is 0 Å². The quantitative estimate of drug-likeness (QED) is 0.449. The Morgan fingerprint density at radius 3 is 3.20 bits per heavy atom. The van der Waals surface area contributed by atoms with Crippen molar-refractivity contribution in [2.75, 3.05) is 13.2 Å². The molecule has 10 heavy (non-hydrogen) atoms. The molecule has 0 unspecified atom stereocenters. The molecule has 2 fully saturated rings. The van der Waals surface area contributed by atoms with Gasteiger partial charge in [-0.15, -0.1) is 6.42 Å². The van der Waals surface area contributed by atoms with E-state index in [1.807, 2.05) is 0 Å². The monoisotopic (exact) mass is 137 g/mol. The zero-order valence-corrected chi connectivity index (χ0v) is 5.67. The second-order valence-corrected chi connectivity index (χ2v) is 2.60. The largest absolute Gasteiger partial charge is 0.374 e. The van der Waals surface area contributed by atoms with Gasteiger partial charge in [-0.2, -0.15) is 0 Å². The normalized spacial score (nSPS) is 39.5. The molecule has 0 aromatic heterocycles. The van der Waals surface area contributed by atoms with Gasteiger partial charge in [0.2, 0.25) is 0 Å². The third-order valence-electron chi connectivity index (χ3n) is 2.02. The van der Waals surface area contributed by atoms with Crippen molar-refractivity contribution in [3.8, 4) is 12.3 Å². The predicted molar refractivity (Wildman–Crippen MR) is 36.2 cm³/mol. The minimum Gasteiger partial charge on any atom is -0.374 e. The van der Waals surface area contributed by atoms with Crippen LogP contribution in [-0.2, 0) is 9.47 Å². The van der Waals surface area contributed by atoms with Crippen molar-refractivity contribution in [1.29, 1.82) is 0 Å². The van der Waals surface area contributed by atoms with Gasteiger partial charge in [0.25, 0.3) is 0 Å². The Morgan fingerprint density at radius 1 is 1.50 bits per heavy atom. The topological polar surface area (TPSA) is 18.5 Å². The molecular formula is C8H9O2. The van der Waals surface area contributed by atoms with E-state index < -0.39 is 0 Å². The summed E-state index contributed by atoms with van der Waals surface area (Å²) >= 11 is 0. The van der Waals surface area contributed by atoms with Gasteiger partial charge < -0.3 is 9.47 Å². The van der Waals surface area contributed by atoms with E-state index in [9.17, 15) is 0 Å². The van der Waals surface area contributed by atoms with Gasteiger partial charge in [0.1, 0.15) is 12.0 Å². The number of terminal acetylenes is 1. The molecule has 2 rings (SSSR count). The van der Waals surface area contributed by atoms with Gasteiger partial charge in [0, 0.05) is 6.61 Å². The van der Waals surface area contributed by atoms with Crippen LogP contribution in [0, 0.1) is 18.3 Å². The Labute approximate surface area is 60.5 Å². The fourth-order valence-corrected chi connectivity index (χ4v) is 1.47. The zero-order chi connectivity index (χ0) is 6.97. The highest BCUT2D eigenvalue weighted by molar-refractivity contribution is 5.26. The first kappa shape index (κ1) is 6.21. The van der Waals surface area contributed by atoms with Crippen LogP contribution in [-0.4, -0.2) is 25.4 Å². The molecule has 53 valence electrons. The maximum absolute atomic E-state index is 5.38. The summed E-state index contributed by atoms with van der Waals surface area (Å²) in [6.07, 6.45) is 6.61. The fraction of sp³-hybridized carbons (Fsp3) is 0.625. The van der Waals surface area contributed by atoms with Crippen molar-refractivity contribution in [2.24, 2.45) is 0 Å². The SMILES string of the molecule is C#C[C]1CO[C@@H]2CCO[C@H]12. The van der Waals surface area contributed by atoms with E-state index in [1.165, 1.54) is 0 Å². The van der Waals surface area contributed by atoms with Gasteiger partial charge in [-0.25, -0.2) is 0 Å². The molecule has 2 aliphatic heterocycles. The van der Waals surface area contributed by atoms with E-state index in [-0.39, 0.29) is 12.2 Å². The summed E-state index contributed by atoms with van der Waals surface area (Å²) in [5, 5.41) is 0. The summed E-state index contributed by atoms with van der Waals surface area (Å²) in [6, 6.07) is 0. The lowest BCUT2D eigenvalue weighted by molar-refractivity contribution is 0.0756. The van der Waals surface area contributed by atoms with E-state index in [2.05, 4.69) is 5.92 Å². The Bertz CT molecular complexity index is 171. The molecule has 0 amide bonds. The van der Waals surface area contributed by atoms with E-state index >= 15 is 0 Å². The van der Waals surface area contributed by atoms with Crippen LogP contribution in [0.2, 0.25) is 0 Å². The van der Waals surface area contributed by atoms with E-state index in [0.717, 1.165) is 18.9 Å². The minimum atomic E-state index is 0.116. The van der Waals surface area contributed by atoms with Crippen LogP contribution < -0.4 is 0 Å². The summed E-state index contributed by atoms with van der Waals surface area (Å²) in [7, 11) is 0. The van der Waals surface area contributed by atoms with E-state index in [1.54, 1.807) is 0 Å². The molecule has 0 aliphatic carbocycles. The lowest BCUT2D eigenvalue weighted by atomic mass is 10.0. The van der Waals surface area contributed by atoms with Crippen LogP contribution in [0.1, 0.15) is 6.42 Å². The lowest BCUT2D eigenvalue weighted by Crippen LogP contribution is -2.19. The zero-order valence-electron chi connectivity index (χ0n) is 5.67. The van der Waals surface area contributed by atoms with Crippen molar-refractivity contribution >= 4 is 0 Å². The van der Waals surface area contributed by atoms with Crippen LogP contribution in [0.25, 0.3) is 0 Å². The Kier molecular flexibility index (Phi) is 1.40. The van der Waals surface area contributed by atoms with Gasteiger partial charge in [0.15, 0.2) is 0 Å². The first-order valence-electron chi connectivity index (χ1n) is 3.47. The third kappa shape index (κ3) is 0.749. The summed E-state index contributed by atoms with van der Waals surface area (Å²) in [4.78, 5) is 0. The molecule has 2 atom stereocenters. The molecule has 2 saturated heterocycles. The van der Waals surface area contributed by atoms with E-state index in [4.69, 9.17) is 15.9 Å². The summed E-state index contributed by atoms with van der Waals surface area (Å²) in [6.45, 7) is 1.40. The fourth-order valence-electron chi connectivity index (χ4n) is 1.47. The Hall–Kier alpha value is -0.520. The Balaban J connectivity index is 2.10. The highest BCUT2D eigenvalue weighted by atomic mass is 16.6. The van der Waals surface area contributed by atoms with Crippen molar-refractivity contribution < 1.29 is 9.47 Å². The van der Waals surface area contributed by atoms with Crippen molar-refractivity contribution in [2.45, 2.75) is 18.6 Å².